The summed E-state index contributed by atoms with van der Waals surface area (Å²) in [5.74, 6) is -0.0863. The maximum atomic E-state index is 12.6. The van der Waals surface area contributed by atoms with E-state index in [1.165, 1.54) is 6.33 Å². The largest absolute Gasteiger partial charge is 0.345 e. The number of nitrogens with one attached hydrogen (secondary N) is 1. The first-order valence-corrected chi connectivity index (χ1v) is 7.53. The highest BCUT2D eigenvalue weighted by atomic mass is 16.1. The number of carbonyl (C=O) groups excluding carboxylic acids is 1. The fourth-order valence-corrected chi connectivity index (χ4v) is 2.46. The SMILES string of the molecule is CCC(CC)(CN)NC(=O)c1ccc(-n2cncn2)cc1C. The zero-order valence-electron chi connectivity index (χ0n) is 13.3. The molecule has 1 aromatic carbocycles. The molecule has 6 nitrogen and oxygen atoms in total. The van der Waals surface area contributed by atoms with Crippen LogP contribution < -0.4 is 11.1 Å². The van der Waals surface area contributed by atoms with Crippen molar-refractivity contribution in [3.05, 3.63) is 42.0 Å². The van der Waals surface area contributed by atoms with Crippen molar-refractivity contribution in [2.45, 2.75) is 39.2 Å². The average Bonchev–Trinajstić information content (AvgIpc) is 3.07. The number of nitrogens with zero attached hydrogens (tertiary/aromatic N) is 3. The molecule has 1 heterocycles. The second kappa shape index (κ2) is 6.70. The van der Waals surface area contributed by atoms with Crippen LogP contribution in [0, 0.1) is 6.92 Å². The van der Waals surface area contributed by atoms with Crippen molar-refractivity contribution < 1.29 is 4.79 Å². The van der Waals surface area contributed by atoms with Crippen LogP contribution in [-0.2, 0) is 0 Å². The highest BCUT2D eigenvalue weighted by Crippen LogP contribution is 2.18. The molecule has 0 atom stereocenters. The van der Waals surface area contributed by atoms with Crippen molar-refractivity contribution in [2.75, 3.05) is 6.54 Å². The second-order valence-electron chi connectivity index (χ2n) is 5.48. The maximum Gasteiger partial charge on any atom is 0.252 e. The van der Waals surface area contributed by atoms with E-state index in [0.717, 1.165) is 24.1 Å². The number of hydrogen-bond donors (Lipinski definition) is 2. The van der Waals surface area contributed by atoms with Gasteiger partial charge in [-0.3, -0.25) is 4.79 Å². The third-order valence-corrected chi connectivity index (χ3v) is 4.26. The van der Waals surface area contributed by atoms with Gasteiger partial charge >= 0.3 is 0 Å². The topological polar surface area (TPSA) is 85.8 Å². The van der Waals surface area contributed by atoms with E-state index in [1.54, 1.807) is 11.0 Å². The van der Waals surface area contributed by atoms with Crippen molar-refractivity contribution >= 4 is 5.91 Å². The van der Waals surface area contributed by atoms with Gasteiger partial charge < -0.3 is 11.1 Å². The molecular formula is C16H23N5O. The van der Waals surface area contributed by atoms with Crippen molar-refractivity contribution in [1.82, 2.24) is 20.1 Å². The van der Waals surface area contributed by atoms with Crippen molar-refractivity contribution in [1.29, 1.82) is 0 Å². The van der Waals surface area contributed by atoms with E-state index in [-0.39, 0.29) is 11.4 Å². The van der Waals surface area contributed by atoms with Crippen molar-refractivity contribution in [3.63, 3.8) is 0 Å². The molecule has 118 valence electrons. The smallest absolute Gasteiger partial charge is 0.252 e. The van der Waals surface area contributed by atoms with Crippen LogP contribution in [0.4, 0.5) is 0 Å². The third kappa shape index (κ3) is 3.17. The fourth-order valence-electron chi connectivity index (χ4n) is 2.46. The molecule has 0 saturated carbocycles. The summed E-state index contributed by atoms with van der Waals surface area (Å²) in [6.45, 7) is 6.42. The van der Waals surface area contributed by atoms with Gasteiger partial charge in [-0.15, -0.1) is 0 Å². The summed E-state index contributed by atoms with van der Waals surface area (Å²) in [6.07, 6.45) is 4.72. The molecule has 1 amide bonds. The van der Waals surface area contributed by atoms with E-state index >= 15 is 0 Å². The monoisotopic (exact) mass is 301 g/mol. The Hall–Kier alpha value is -2.21. The Morgan fingerprint density at radius 3 is 2.59 bits per heavy atom. The summed E-state index contributed by atoms with van der Waals surface area (Å²) >= 11 is 0. The molecule has 0 unspecified atom stereocenters. The minimum atomic E-state index is -0.339. The van der Waals surface area contributed by atoms with Gasteiger partial charge in [-0.25, -0.2) is 9.67 Å². The van der Waals surface area contributed by atoms with Crippen LogP contribution in [0.2, 0.25) is 0 Å². The van der Waals surface area contributed by atoms with Crippen molar-refractivity contribution in [3.8, 4) is 5.69 Å². The molecule has 1 aromatic heterocycles. The molecule has 2 aromatic rings. The average molecular weight is 301 g/mol. The summed E-state index contributed by atoms with van der Waals surface area (Å²) in [5, 5.41) is 7.18. The first kappa shape index (κ1) is 16.2. The van der Waals surface area contributed by atoms with Crippen LogP contribution in [0.5, 0.6) is 0 Å². The minimum Gasteiger partial charge on any atom is -0.345 e. The Balaban J connectivity index is 2.24. The second-order valence-corrected chi connectivity index (χ2v) is 5.48. The van der Waals surface area contributed by atoms with Gasteiger partial charge in [0.05, 0.1) is 11.2 Å². The van der Waals surface area contributed by atoms with Crippen LogP contribution in [0.3, 0.4) is 0 Å². The molecule has 0 saturated heterocycles. The van der Waals surface area contributed by atoms with Crippen LogP contribution in [0.25, 0.3) is 5.69 Å². The molecule has 0 fully saturated rings. The predicted octanol–water partition coefficient (Wildman–Crippen LogP) is 1.82. The van der Waals surface area contributed by atoms with E-state index in [0.29, 0.717) is 12.1 Å². The van der Waals surface area contributed by atoms with E-state index in [1.807, 2.05) is 39.0 Å². The maximum absolute atomic E-state index is 12.6. The van der Waals surface area contributed by atoms with Gasteiger partial charge in [-0.2, -0.15) is 5.10 Å². The van der Waals surface area contributed by atoms with Gasteiger partial charge in [0, 0.05) is 12.1 Å². The fraction of sp³-hybridized carbons (Fsp3) is 0.438. The lowest BCUT2D eigenvalue weighted by Gasteiger charge is -2.31. The van der Waals surface area contributed by atoms with E-state index in [2.05, 4.69) is 15.4 Å². The minimum absolute atomic E-state index is 0.0863. The molecule has 0 aliphatic rings. The Bertz CT molecular complexity index is 624. The number of aromatic nitrogens is 3. The number of nitrogens with two attached hydrogens (primary N) is 1. The summed E-state index contributed by atoms with van der Waals surface area (Å²) in [7, 11) is 0. The Morgan fingerprint density at radius 2 is 2.09 bits per heavy atom. The number of benzene rings is 1. The molecular weight excluding hydrogens is 278 g/mol. The first-order chi connectivity index (χ1) is 10.5. The van der Waals surface area contributed by atoms with Gasteiger partial charge in [-0.05, 0) is 43.5 Å². The van der Waals surface area contributed by atoms with Gasteiger partial charge in [0.2, 0.25) is 0 Å². The molecule has 3 N–H and O–H groups in total. The number of rotatable bonds is 6. The van der Waals surface area contributed by atoms with E-state index in [9.17, 15) is 4.79 Å². The normalized spacial score (nSPS) is 11.5. The molecule has 22 heavy (non-hydrogen) atoms. The molecule has 0 spiro atoms. The van der Waals surface area contributed by atoms with Gasteiger partial charge in [0.25, 0.3) is 5.91 Å². The lowest BCUT2D eigenvalue weighted by molar-refractivity contribution is 0.0894. The predicted molar refractivity (Wildman–Crippen MR) is 85.9 cm³/mol. The standard InChI is InChI=1S/C16H23N5O/c1-4-16(5-2,9-17)20-15(22)14-7-6-13(8-12(14)3)21-11-18-10-19-21/h6-8,10-11H,4-5,9,17H2,1-3H3,(H,20,22). The Morgan fingerprint density at radius 1 is 1.36 bits per heavy atom. The number of amides is 1. The molecule has 2 rings (SSSR count). The number of hydrogen-bond acceptors (Lipinski definition) is 4. The zero-order valence-corrected chi connectivity index (χ0v) is 13.3. The Labute approximate surface area is 130 Å². The lowest BCUT2D eigenvalue weighted by Crippen LogP contribution is -2.53. The van der Waals surface area contributed by atoms with E-state index in [4.69, 9.17) is 5.73 Å². The molecule has 0 radical (unpaired) electrons. The van der Waals surface area contributed by atoms with Crippen LogP contribution in [-0.4, -0.2) is 32.8 Å². The van der Waals surface area contributed by atoms with Gasteiger partial charge in [0.15, 0.2) is 0 Å². The summed E-state index contributed by atoms with van der Waals surface area (Å²) < 4.78 is 1.66. The van der Waals surface area contributed by atoms with E-state index < -0.39 is 0 Å². The third-order valence-electron chi connectivity index (χ3n) is 4.26. The highest BCUT2D eigenvalue weighted by molar-refractivity contribution is 5.96. The van der Waals surface area contributed by atoms with Crippen LogP contribution in [0.1, 0.15) is 42.6 Å². The van der Waals surface area contributed by atoms with Crippen LogP contribution >= 0.6 is 0 Å². The van der Waals surface area contributed by atoms with Crippen molar-refractivity contribution in [2.24, 2.45) is 5.73 Å². The first-order valence-electron chi connectivity index (χ1n) is 7.53. The van der Waals surface area contributed by atoms with Gasteiger partial charge in [-0.1, -0.05) is 13.8 Å². The zero-order chi connectivity index (χ0) is 16.2. The molecule has 0 bridgehead atoms. The quantitative estimate of drug-likeness (QED) is 0.852. The number of aryl methyl sites for hydroxylation is 1. The van der Waals surface area contributed by atoms with Crippen LogP contribution in [0.15, 0.2) is 30.9 Å². The lowest BCUT2D eigenvalue weighted by atomic mass is 9.92. The summed E-state index contributed by atoms with van der Waals surface area (Å²) in [6, 6.07) is 5.60. The highest BCUT2D eigenvalue weighted by Gasteiger charge is 2.27. The molecule has 0 aliphatic heterocycles. The molecule has 6 heteroatoms. The summed E-state index contributed by atoms with van der Waals surface area (Å²) in [5.41, 5.74) is 7.93. The molecule has 0 aliphatic carbocycles. The number of carbonyl (C=O) groups is 1. The Kier molecular flexibility index (Phi) is 4.92. The van der Waals surface area contributed by atoms with Gasteiger partial charge in [0.1, 0.15) is 12.7 Å². The summed E-state index contributed by atoms with van der Waals surface area (Å²) in [4.78, 5) is 16.5.